The molecule has 4 aromatic rings. The van der Waals surface area contributed by atoms with Gasteiger partial charge < -0.3 is 9.64 Å². The Bertz CT molecular complexity index is 1890. The summed E-state index contributed by atoms with van der Waals surface area (Å²) < 4.78 is 73.6. The van der Waals surface area contributed by atoms with E-state index in [0.717, 1.165) is 49.4 Å². The molecule has 3 aromatic carbocycles. The molecule has 1 aromatic heterocycles. The Kier molecular flexibility index (Phi) is 9.64. The van der Waals surface area contributed by atoms with Crippen LogP contribution in [0.15, 0.2) is 60.2 Å². The molecular weight excluding hydrogens is 632 g/mol. The van der Waals surface area contributed by atoms with Crippen LogP contribution in [0.5, 0.6) is 5.75 Å². The molecule has 1 aliphatic rings. The number of benzene rings is 3. The first-order valence-electron chi connectivity index (χ1n) is 14.1. The van der Waals surface area contributed by atoms with Crippen LogP contribution in [0.1, 0.15) is 44.0 Å². The predicted molar refractivity (Wildman–Crippen MR) is 172 cm³/mol. The highest BCUT2D eigenvalue weighted by atomic mass is 35.5. The van der Waals surface area contributed by atoms with Crippen molar-refractivity contribution in [3.05, 3.63) is 70.2 Å². The van der Waals surface area contributed by atoms with Gasteiger partial charge in [-0.15, -0.1) is 0 Å². The van der Waals surface area contributed by atoms with Gasteiger partial charge >= 0.3 is 0 Å². The monoisotopic (exact) mass is 665 g/mol. The summed E-state index contributed by atoms with van der Waals surface area (Å²) in [6.07, 6.45) is 4.20. The highest BCUT2D eigenvalue weighted by Gasteiger charge is 2.33. The molecule has 1 unspecified atom stereocenters. The van der Waals surface area contributed by atoms with E-state index in [9.17, 15) is 21.4 Å². The van der Waals surface area contributed by atoms with Crippen molar-refractivity contribution in [2.24, 2.45) is 0 Å². The summed E-state index contributed by atoms with van der Waals surface area (Å²) in [6.45, 7) is 3.02. The zero-order chi connectivity index (χ0) is 30.8. The number of aromatic nitrogens is 1. The minimum absolute atomic E-state index is 0.243. The highest BCUT2D eigenvalue weighted by Crippen LogP contribution is 2.44. The van der Waals surface area contributed by atoms with Crippen LogP contribution in [0.4, 0.5) is 5.69 Å². The van der Waals surface area contributed by atoms with Crippen LogP contribution in [0, 0.1) is 0 Å². The first kappa shape index (κ1) is 31.7. The maximum Gasteiger partial charge on any atom is 0.264 e. The van der Waals surface area contributed by atoms with Crippen molar-refractivity contribution < 1.29 is 35.2 Å². The third-order valence-electron chi connectivity index (χ3n) is 7.51. The lowest BCUT2D eigenvalue weighted by molar-refractivity contribution is -0.669. The van der Waals surface area contributed by atoms with E-state index >= 15 is 0 Å². The molecule has 13 heteroatoms. The third kappa shape index (κ3) is 7.86. The van der Waals surface area contributed by atoms with Gasteiger partial charge in [-0.2, -0.15) is 21.4 Å². The molecule has 1 aliphatic heterocycles. The lowest BCUT2D eigenvalue weighted by Gasteiger charge is -2.26. The van der Waals surface area contributed by atoms with E-state index in [0.29, 0.717) is 37.4 Å². The minimum Gasteiger partial charge on any atom is -0.468 e. The van der Waals surface area contributed by atoms with Crippen molar-refractivity contribution in [2.45, 2.75) is 51.8 Å². The Labute approximate surface area is 260 Å². The van der Waals surface area contributed by atoms with Crippen LogP contribution >= 0.6 is 22.9 Å². The molecule has 2 heterocycles. The Morgan fingerprint density at radius 2 is 1.77 bits per heavy atom. The molecule has 9 nitrogen and oxygen atoms in total. The maximum atomic E-state index is 11.5. The van der Waals surface area contributed by atoms with E-state index in [4.69, 9.17) is 20.9 Å². The first-order chi connectivity index (χ1) is 20.4. The number of nitrogens with zero attached hydrogens (tertiary/aromatic N) is 2. The second-order valence-electron chi connectivity index (χ2n) is 10.6. The quantitative estimate of drug-likeness (QED) is 0.0962. The molecule has 0 saturated carbocycles. The van der Waals surface area contributed by atoms with Gasteiger partial charge in [-0.25, -0.2) is 0 Å². The van der Waals surface area contributed by atoms with Gasteiger partial charge in [0.2, 0.25) is 5.52 Å². The molecule has 0 fully saturated rings. The summed E-state index contributed by atoms with van der Waals surface area (Å²) >= 11 is 7.94. The van der Waals surface area contributed by atoms with Crippen molar-refractivity contribution in [3.63, 3.8) is 0 Å². The van der Waals surface area contributed by atoms with E-state index in [1.807, 2.05) is 54.6 Å². The molecule has 230 valence electrons. The summed E-state index contributed by atoms with van der Waals surface area (Å²) in [5.41, 5.74) is 2.99. The largest absolute Gasteiger partial charge is 0.468 e. The highest BCUT2D eigenvalue weighted by molar-refractivity contribution is 7.86. The number of fused-ring (bicyclic) bond motifs is 4. The van der Waals surface area contributed by atoms with Gasteiger partial charge in [0.05, 0.1) is 17.2 Å². The van der Waals surface area contributed by atoms with Crippen molar-refractivity contribution in [1.29, 1.82) is 0 Å². The van der Waals surface area contributed by atoms with Gasteiger partial charge in [0.15, 0.2) is 12.8 Å². The molecular formula is C30H34ClN2O7S3+. The SMILES string of the molecule is CCC(=Cc1sc2ccc(Cl)cc2[n+]1CCCCS(=O)(=O)O)CC1Oc2ccc3ccccc3c2N1CCCS(=O)(=O)O. The van der Waals surface area contributed by atoms with Gasteiger partial charge in [-0.05, 0) is 42.8 Å². The summed E-state index contributed by atoms with van der Waals surface area (Å²) in [4.78, 5) is 2.10. The molecule has 5 rings (SSSR count). The average molecular weight is 666 g/mol. The van der Waals surface area contributed by atoms with Crippen LogP contribution in [0.25, 0.3) is 27.1 Å². The summed E-state index contributed by atoms with van der Waals surface area (Å²) in [6, 6.07) is 17.7. The summed E-state index contributed by atoms with van der Waals surface area (Å²) in [5.74, 6) is 0.106. The normalized spacial score (nSPS) is 15.8. The van der Waals surface area contributed by atoms with Crippen LogP contribution in [-0.2, 0) is 26.8 Å². The summed E-state index contributed by atoms with van der Waals surface area (Å²) in [5, 5.41) is 3.66. The van der Waals surface area contributed by atoms with Gasteiger partial charge in [0.25, 0.3) is 25.2 Å². The van der Waals surface area contributed by atoms with E-state index in [-0.39, 0.29) is 24.2 Å². The average Bonchev–Trinajstić information content (AvgIpc) is 3.46. The first-order valence-corrected chi connectivity index (χ1v) is 18.5. The minimum atomic E-state index is -4.10. The van der Waals surface area contributed by atoms with Crippen LogP contribution in [0.3, 0.4) is 0 Å². The molecule has 0 saturated heterocycles. The second kappa shape index (κ2) is 13.1. The van der Waals surface area contributed by atoms with Crippen LogP contribution in [-0.4, -0.2) is 50.2 Å². The fraction of sp³-hybridized carbons (Fsp3) is 0.367. The molecule has 0 spiro atoms. The van der Waals surface area contributed by atoms with E-state index < -0.39 is 20.2 Å². The lowest BCUT2D eigenvalue weighted by atomic mass is 10.1. The van der Waals surface area contributed by atoms with Gasteiger partial charge in [-0.3, -0.25) is 9.11 Å². The number of ether oxygens (including phenoxy) is 1. The number of unbranched alkanes of at least 4 members (excludes halogenated alkanes) is 1. The molecule has 0 amide bonds. The van der Waals surface area contributed by atoms with Gasteiger partial charge in [0.1, 0.15) is 10.4 Å². The predicted octanol–water partition coefficient (Wildman–Crippen LogP) is 6.35. The fourth-order valence-corrected chi connectivity index (χ4v) is 7.87. The lowest BCUT2D eigenvalue weighted by Crippen LogP contribution is -2.37. The molecule has 43 heavy (non-hydrogen) atoms. The molecule has 1 atom stereocenters. The number of anilines is 1. The van der Waals surface area contributed by atoms with Crippen LogP contribution < -0.4 is 14.2 Å². The number of rotatable bonds is 13. The van der Waals surface area contributed by atoms with Gasteiger partial charge in [-0.1, -0.05) is 65.8 Å². The van der Waals surface area contributed by atoms with Crippen LogP contribution in [0.2, 0.25) is 5.02 Å². The smallest absolute Gasteiger partial charge is 0.264 e. The van der Waals surface area contributed by atoms with E-state index in [1.54, 1.807) is 11.3 Å². The Hall–Kier alpha value is -2.74. The standard InChI is InChI=1S/C30H33ClN2O7S3/c1-2-21(19-29-32(14-5-6-16-42(34,35)36)25-20-23(31)11-13-27(25)41-29)18-28-33(15-7-17-43(37,38)39)30-24-9-4-3-8-22(24)10-12-26(30)40-28/h3-4,8-13,19-20,28H,2,5-7,14-18H2,1H3,(H-,34,35,36,37,38,39)/p+1. The summed E-state index contributed by atoms with van der Waals surface area (Å²) in [7, 11) is -8.12. The second-order valence-corrected chi connectivity index (χ2v) is 15.2. The van der Waals surface area contributed by atoms with Crippen molar-refractivity contribution in [3.8, 4) is 5.75 Å². The zero-order valence-electron chi connectivity index (χ0n) is 23.6. The van der Waals surface area contributed by atoms with E-state index in [2.05, 4.69) is 22.5 Å². The van der Waals surface area contributed by atoms with E-state index in [1.165, 1.54) is 0 Å². The Balaban J connectivity index is 1.46. The fourth-order valence-electron chi connectivity index (χ4n) is 5.48. The number of halogens is 1. The number of thiazole rings is 1. The number of hydrogen-bond acceptors (Lipinski definition) is 7. The number of aryl methyl sites for hydroxylation is 1. The molecule has 0 aliphatic carbocycles. The van der Waals surface area contributed by atoms with Crippen molar-refractivity contribution in [2.75, 3.05) is 23.0 Å². The van der Waals surface area contributed by atoms with Crippen molar-refractivity contribution in [1.82, 2.24) is 0 Å². The zero-order valence-corrected chi connectivity index (χ0v) is 26.9. The Morgan fingerprint density at radius 3 is 2.51 bits per heavy atom. The Morgan fingerprint density at radius 1 is 1.02 bits per heavy atom. The van der Waals surface area contributed by atoms with Gasteiger partial charge in [0, 0.05) is 41.9 Å². The molecule has 0 bridgehead atoms. The topological polar surface area (TPSA) is 125 Å². The number of hydrogen-bond donors (Lipinski definition) is 2. The molecule has 0 radical (unpaired) electrons. The van der Waals surface area contributed by atoms with Crippen molar-refractivity contribution >= 4 is 75.9 Å². The third-order valence-corrected chi connectivity index (χ3v) is 10.5. The molecule has 2 N–H and O–H groups in total. The maximum absolute atomic E-state index is 11.5.